The molecule has 3 rings (SSSR count). The lowest BCUT2D eigenvalue weighted by Gasteiger charge is -2.23. The molecule has 0 bridgehead atoms. The highest BCUT2D eigenvalue weighted by Gasteiger charge is 2.30. The van der Waals surface area contributed by atoms with Crippen LogP contribution < -0.4 is 5.32 Å². The van der Waals surface area contributed by atoms with Gasteiger partial charge in [0.05, 0.1) is 5.69 Å². The number of nitrogens with zero attached hydrogens (tertiary/aromatic N) is 4. The van der Waals surface area contributed by atoms with Gasteiger partial charge in [0.2, 0.25) is 0 Å². The fraction of sp³-hybridized carbons (Fsp3) is 0.474. The van der Waals surface area contributed by atoms with E-state index in [0.717, 1.165) is 36.9 Å². The van der Waals surface area contributed by atoms with E-state index in [1.165, 1.54) is 0 Å². The van der Waals surface area contributed by atoms with Crippen LogP contribution in [0.3, 0.4) is 0 Å². The van der Waals surface area contributed by atoms with Crippen LogP contribution in [0.4, 0.5) is 4.39 Å². The van der Waals surface area contributed by atoms with E-state index in [2.05, 4.69) is 34.0 Å². The van der Waals surface area contributed by atoms with Gasteiger partial charge in [0.1, 0.15) is 11.6 Å². The Hall–Kier alpha value is -2.37. The lowest BCUT2D eigenvalue weighted by Crippen LogP contribution is -2.40. The van der Waals surface area contributed by atoms with E-state index in [4.69, 9.17) is 0 Å². The van der Waals surface area contributed by atoms with Gasteiger partial charge in [-0.05, 0) is 36.5 Å². The molecule has 0 saturated carbocycles. The average molecular weight is 343 g/mol. The van der Waals surface area contributed by atoms with Crippen molar-refractivity contribution in [3.05, 3.63) is 47.8 Å². The molecule has 1 N–H and O–H groups in total. The maximum atomic E-state index is 14.5. The molecule has 0 atom stereocenters. The van der Waals surface area contributed by atoms with Crippen LogP contribution in [0, 0.1) is 18.2 Å². The highest BCUT2D eigenvalue weighted by molar-refractivity contribution is 5.80. The molecule has 0 radical (unpaired) electrons. The minimum absolute atomic E-state index is 0.252. The van der Waals surface area contributed by atoms with Crippen molar-refractivity contribution < 1.29 is 4.39 Å². The SMILES string of the molecule is CN=C(NCc1ccc(-n2ccnc2C)c(F)c1)N1CCC(C)(C)C1. The highest BCUT2D eigenvalue weighted by Crippen LogP contribution is 2.28. The van der Waals surface area contributed by atoms with Crippen molar-refractivity contribution in [3.63, 3.8) is 0 Å². The molecule has 5 nitrogen and oxygen atoms in total. The largest absolute Gasteiger partial charge is 0.352 e. The Morgan fingerprint density at radius 3 is 2.76 bits per heavy atom. The monoisotopic (exact) mass is 343 g/mol. The number of benzene rings is 1. The highest BCUT2D eigenvalue weighted by atomic mass is 19.1. The molecule has 2 aromatic rings. The zero-order valence-corrected chi connectivity index (χ0v) is 15.4. The number of aryl methyl sites for hydroxylation is 1. The van der Waals surface area contributed by atoms with Crippen molar-refractivity contribution >= 4 is 5.96 Å². The zero-order chi connectivity index (χ0) is 18.0. The molecule has 0 amide bonds. The first-order chi connectivity index (χ1) is 11.9. The van der Waals surface area contributed by atoms with E-state index in [1.807, 2.05) is 13.0 Å². The summed E-state index contributed by atoms with van der Waals surface area (Å²) in [7, 11) is 1.79. The summed E-state index contributed by atoms with van der Waals surface area (Å²) in [6.45, 7) is 8.93. The predicted octanol–water partition coefficient (Wildman–Crippen LogP) is 3.13. The van der Waals surface area contributed by atoms with E-state index in [-0.39, 0.29) is 5.82 Å². The minimum atomic E-state index is -0.252. The maximum Gasteiger partial charge on any atom is 0.193 e. The molecular formula is C19H26FN5. The second kappa shape index (κ2) is 6.86. The summed E-state index contributed by atoms with van der Waals surface area (Å²) in [5, 5.41) is 3.35. The van der Waals surface area contributed by atoms with Crippen molar-refractivity contribution in [2.75, 3.05) is 20.1 Å². The first kappa shape index (κ1) is 17.5. The molecule has 1 aliphatic heterocycles. The van der Waals surface area contributed by atoms with Gasteiger partial charge in [0, 0.05) is 39.1 Å². The normalized spacial score (nSPS) is 17.2. The molecule has 1 aromatic carbocycles. The second-order valence-electron chi connectivity index (χ2n) is 7.37. The van der Waals surface area contributed by atoms with Gasteiger partial charge in [-0.25, -0.2) is 9.37 Å². The molecule has 1 aromatic heterocycles. The van der Waals surface area contributed by atoms with Crippen LogP contribution in [0.1, 0.15) is 31.7 Å². The Bertz CT molecular complexity index is 778. The van der Waals surface area contributed by atoms with E-state index in [9.17, 15) is 4.39 Å². The summed E-state index contributed by atoms with van der Waals surface area (Å²) in [4.78, 5) is 10.8. The van der Waals surface area contributed by atoms with Crippen molar-refractivity contribution in [1.82, 2.24) is 19.8 Å². The summed E-state index contributed by atoms with van der Waals surface area (Å²) < 4.78 is 16.2. The second-order valence-corrected chi connectivity index (χ2v) is 7.37. The first-order valence-electron chi connectivity index (χ1n) is 8.64. The van der Waals surface area contributed by atoms with Gasteiger partial charge in [-0.1, -0.05) is 19.9 Å². The number of nitrogens with one attached hydrogen (secondary N) is 1. The van der Waals surface area contributed by atoms with Crippen molar-refractivity contribution in [1.29, 1.82) is 0 Å². The van der Waals surface area contributed by atoms with Crippen LogP contribution in [-0.2, 0) is 6.54 Å². The third kappa shape index (κ3) is 3.83. The smallest absolute Gasteiger partial charge is 0.193 e. The van der Waals surface area contributed by atoms with Gasteiger partial charge < -0.3 is 14.8 Å². The summed E-state index contributed by atoms with van der Waals surface area (Å²) in [6, 6.07) is 5.30. The number of rotatable bonds is 3. The van der Waals surface area contributed by atoms with Gasteiger partial charge in [-0.3, -0.25) is 4.99 Å². The Morgan fingerprint density at radius 2 is 2.20 bits per heavy atom. The van der Waals surface area contributed by atoms with Gasteiger partial charge in [-0.2, -0.15) is 0 Å². The van der Waals surface area contributed by atoms with Crippen LogP contribution in [0.15, 0.2) is 35.6 Å². The lowest BCUT2D eigenvalue weighted by atomic mass is 9.93. The van der Waals surface area contributed by atoms with Crippen LogP contribution in [0.5, 0.6) is 0 Å². The molecule has 1 fully saturated rings. The van der Waals surface area contributed by atoms with Gasteiger partial charge >= 0.3 is 0 Å². The van der Waals surface area contributed by atoms with Crippen LogP contribution in [0.2, 0.25) is 0 Å². The maximum absolute atomic E-state index is 14.5. The molecule has 0 spiro atoms. The van der Waals surface area contributed by atoms with Crippen LogP contribution in [0.25, 0.3) is 5.69 Å². The van der Waals surface area contributed by atoms with E-state index in [0.29, 0.717) is 17.6 Å². The molecule has 25 heavy (non-hydrogen) atoms. The van der Waals surface area contributed by atoms with Crippen LogP contribution >= 0.6 is 0 Å². The quantitative estimate of drug-likeness (QED) is 0.688. The molecule has 0 aliphatic carbocycles. The number of hydrogen-bond acceptors (Lipinski definition) is 2. The van der Waals surface area contributed by atoms with E-state index < -0.39 is 0 Å². The Kier molecular flexibility index (Phi) is 4.79. The number of halogens is 1. The number of guanidine groups is 1. The van der Waals surface area contributed by atoms with Gasteiger partial charge in [0.25, 0.3) is 0 Å². The van der Waals surface area contributed by atoms with Gasteiger partial charge in [0.15, 0.2) is 5.96 Å². The summed E-state index contributed by atoms with van der Waals surface area (Å²) in [5.41, 5.74) is 1.72. The summed E-state index contributed by atoms with van der Waals surface area (Å²) in [6.07, 6.45) is 4.59. The zero-order valence-electron chi connectivity index (χ0n) is 15.4. The predicted molar refractivity (Wildman–Crippen MR) is 98.4 cm³/mol. The molecule has 1 saturated heterocycles. The fourth-order valence-corrected chi connectivity index (χ4v) is 3.29. The number of aliphatic imine (C=N–C) groups is 1. The van der Waals surface area contributed by atoms with Gasteiger partial charge in [-0.15, -0.1) is 0 Å². The third-order valence-corrected chi connectivity index (χ3v) is 4.74. The first-order valence-corrected chi connectivity index (χ1v) is 8.64. The fourth-order valence-electron chi connectivity index (χ4n) is 3.29. The van der Waals surface area contributed by atoms with Crippen molar-refractivity contribution in [3.8, 4) is 5.69 Å². The topological polar surface area (TPSA) is 45.5 Å². The van der Waals surface area contributed by atoms with Crippen molar-refractivity contribution in [2.45, 2.75) is 33.7 Å². The van der Waals surface area contributed by atoms with E-state index in [1.54, 1.807) is 36.1 Å². The number of aromatic nitrogens is 2. The molecule has 2 heterocycles. The van der Waals surface area contributed by atoms with Crippen molar-refractivity contribution in [2.24, 2.45) is 10.4 Å². The van der Waals surface area contributed by atoms with E-state index >= 15 is 0 Å². The number of imidazole rings is 1. The Morgan fingerprint density at radius 1 is 1.40 bits per heavy atom. The number of likely N-dealkylation sites (tertiary alicyclic amines) is 1. The lowest BCUT2D eigenvalue weighted by molar-refractivity contribution is 0.370. The van der Waals surface area contributed by atoms with Crippen LogP contribution in [-0.4, -0.2) is 40.5 Å². The molecule has 134 valence electrons. The summed E-state index contributed by atoms with van der Waals surface area (Å²) in [5.74, 6) is 1.39. The Balaban J connectivity index is 1.67. The Labute approximate surface area is 148 Å². The summed E-state index contributed by atoms with van der Waals surface area (Å²) >= 11 is 0. The third-order valence-electron chi connectivity index (χ3n) is 4.74. The molecule has 1 aliphatic rings. The molecule has 6 heteroatoms. The molecular weight excluding hydrogens is 317 g/mol. The number of hydrogen-bond donors (Lipinski definition) is 1. The standard InChI is InChI=1S/C19H26FN5/c1-14-22-8-10-25(14)17-6-5-15(11-16(17)20)12-23-18(21-4)24-9-7-19(2,3)13-24/h5-6,8,10-11H,7,9,12-13H2,1-4H3,(H,21,23). The molecule has 0 unspecified atom stereocenters. The average Bonchev–Trinajstić information content (AvgIpc) is 3.14. The minimum Gasteiger partial charge on any atom is -0.352 e.